The zero-order valence-corrected chi connectivity index (χ0v) is 18.0. The molecule has 0 aromatic heterocycles. The molecular formula is C24H31NO5. The Hall–Kier alpha value is -2.50. The van der Waals surface area contributed by atoms with E-state index in [1.807, 2.05) is 0 Å². The van der Waals surface area contributed by atoms with Gasteiger partial charge in [-0.25, -0.2) is 4.79 Å². The lowest BCUT2D eigenvalue weighted by Gasteiger charge is -2.57. The van der Waals surface area contributed by atoms with Crippen LogP contribution in [0.15, 0.2) is 24.3 Å². The van der Waals surface area contributed by atoms with Gasteiger partial charge in [-0.1, -0.05) is 0 Å². The summed E-state index contributed by atoms with van der Waals surface area (Å²) in [5.41, 5.74) is 0.607. The van der Waals surface area contributed by atoms with Crippen LogP contribution in [-0.2, 0) is 14.3 Å². The van der Waals surface area contributed by atoms with E-state index in [-0.39, 0.29) is 11.4 Å². The molecule has 4 saturated carbocycles. The van der Waals surface area contributed by atoms with Crippen molar-refractivity contribution in [2.45, 2.75) is 57.1 Å². The Balaban J connectivity index is 1.35. The van der Waals surface area contributed by atoms with Gasteiger partial charge >= 0.3 is 5.97 Å². The third-order valence-electron chi connectivity index (χ3n) is 6.92. The average Bonchev–Trinajstić information content (AvgIpc) is 2.70. The van der Waals surface area contributed by atoms with Gasteiger partial charge < -0.3 is 19.5 Å². The van der Waals surface area contributed by atoms with Crippen molar-refractivity contribution in [2.24, 2.45) is 17.8 Å². The van der Waals surface area contributed by atoms with Crippen molar-refractivity contribution >= 4 is 18.0 Å². The fraction of sp³-hybridized carbons (Fsp3) is 0.583. The minimum atomic E-state index is -0.831. The van der Waals surface area contributed by atoms with Crippen LogP contribution in [0.5, 0.6) is 11.5 Å². The van der Waals surface area contributed by atoms with E-state index in [9.17, 15) is 9.59 Å². The number of amides is 1. The second-order valence-corrected chi connectivity index (χ2v) is 9.21. The molecule has 6 nitrogen and oxygen atoms in total. The SMILES string of the molecule is COc1ccc(OC)c(/C=C/C(=O)O[C@H](C)C(=O)NC23CC4CC(CC(C4)C2)C3)c1. The van der Waals surface area contributed by atoms with Crippen molar-refractivity contribution in [2.75, 3.05) is 14.2 Å². The number of hydrogen-bond donors (Lipinski definition) is 1. The number of rotatable bonds is 7. The molecule has 0 spiro atoms. The van der Waals surface area contributed by atoms with Crippen LogP contribution in [0.1, 0.15) is 51.0 Å². The lowest BCUT2D eigenvalue weighted by atomic mass is 9.53. The molecule has 162 valence electrons. The molecule has 30 heavy (non-hydrogen) atoms. The number of carbonyl (C=O) groups is 2. The number of ether oxygens (including phenoxy) is 3. The smallest absolute Gasteiger partial charge is 0.331 e. The summed E-state index contributed by atoms with van der Waals surface area (Å²) in [7, 11) is 3.14. The predicted octanol–water partition coefficient (Wildman–Crippen LogP) is 3.73. The maximum atomic E-state index is 12.8. The Labute approximate surface area is 178 Å². The molecule has 6 heteroatoms. The van der Waals surface area contributed by atoms with Crippen LogP contribution in [-0.4, -0.2) is 37.7 Å². The van der Waals surface area contributed by atoms with E-state index >= 15 is 0 Å². The second-order valence-electron chi connectivity index (χ2n) is 9.21. The van der Waals surface area contributed by atoms with Crippen molar-refractivity contribution in [1.29, 1.82) is 0 Å². The van der Waals surface area contributed by atoms with Crippen LogP contribution in [0.25, 0.3) is 6.08 Å². The molecule has 0 radical (unpaired) electrons. The highest BCUT2D eigenvalue weighted by Crippen LogP contribution is 2.55. The molecule has 0 unspecified atom stereocenters. The Morgan fingerprint density at radius 2 is 1.70 bits per heavy atom. The van der Waals surface area contributed by atoms with Crippen molar-refractivity contribution < 1.29 is 23.8 Å². The van der Waals surface area contributed by atoms with Crippen LogP contribution >= 0.6 is 0 Å². The first-order valence-corrected chi connectivity index (χ1v) is 10.8. The highest BCUT2D eigenvalue weighted by Gasteiger charge is 2.51. The summed E-state index contributed by atoms with van der Waals surface area (Å²) in [6.07, 6.45) is 9.25. The molecule has 1 amide bonds. The standard InChI is InChI=1S/C24H31NO5/c1-15(23(27)25-24-12-16-8-17(13-24)10-18(9-16)14-24)30-22(26)7-4-19-11-20(28-2)5-6-21(19)29-3/h4-7,11,15-18H,8-10,12-14H2,1-3H3,(H,25,27)/b7-4+/t15-,16?,17?,18?,24?/m1/s1. The summed E-state index contributed by atoms with van der Waals surface area (Å²) in [6.45, 7) is 1.63. The summed E-state index contributed by atoms with van der Waals surface area (Å²) >= 11 is 0. The Morgan fingerprint density at radius 3 is 2.27 bits per heavy atom. The minimum absolute atomic E-state index is 0.0870. The number of methoxy groups -OCH3 is 2. The van der Waals surface area contributed by atoms with E-state index in [2.05, 4.69) is 5.32 Å². The molecule has 4 aliphatic rings. The van der Waals surface area contributed by atoms with Gasteiger partial charge in [-0.2, -0.15) is 0 Å². The predicted molar refractivity (Wildman–Crippen MR) is 113 cm³/mol. The minimum Gasteiger partial charge on any atom is -0.497 e. The van der Waals surface area contributed by atoms with Crippen molar-refractivity contribution in [3.8, 4) is 11.5 Å². The van der Waals surface area contributed by atoms with E-state index in [4.69, 9.17) is 14.2 Å². The van der Waals surface area contributed by atoms with Gasteiger partial charge in [-0.3, -0.25) is 4.79 Å². The molecule has 1 N–H and O–H groups in total. The first-order chi connectivity index (χ1) is 14.4. The van der Waals surface area contributed by atoms with E-state index in [0.29, 0.717) is 17.1 Å². The van der Waals surface area contributed by atoms with E-state index in [0.717, 1.165) is 37.0 Å². The maximum Gasteiger partial charge on any atom is 0.331 e. The molecule has 0 heterocycles. The van der Waals surface area contributed by atoms with E-state index in [1.54, 1.807) is 45.4 Å². The normalized spacial score (nSPS) is 30.2. The van der Waals surface area contributed by atoms with Gasteiger partial charge in [0.1, 0.15) is 11.5 Å². The molecule has 4 fully saturated rings. The third kappa shape index (κ3) is 4.32. The van der Waals surface area contributed by atoms with E-state index in [1.165, 1.54) is 25.3 Å². The molecule has 4 bridgehead atoms. The number of carbonyl (C=O) groups excluding carboxylic acids is 2. The zero-order valence-electron chi connectivity index (χ0n) is 18.0. The van der Waals surface area contributed by atoms with Crippen LogP contribution in [0.4, 0.5) is 0 Å². The largest absolute Gasteiger partial charge is 0.497 e. The molecule has 1 atom stereocenters. The fourth-order valence-corrected chi connectivity index (χ4v) is 6.02. The summed E-state index contributed by atoms with van der Waals surface area (Å²) in [5, 5.41) is 3.26. The molecule has 1 aromatic carbocycles. The summed E-state index contributed by atoms with van der Waals surface area (Å²) < 4.78 is 15.9. The number of esters is 1. The average molecular weight is 414 g/mol. The number of hydrogen-bond acceptors (Lipinski definition) is 5. The lowest BCUT2D eigenvalue weighted by Crippen LogP contribution is -2.61. The van der Waals surface area contributed by atoms with Gasteiger partial charge in [0.05, 0.1) is 14.2 Å². The molecule has 0 saturated heterocycles. The van der Waals surface area contributed by atoms with Crippen LogP contribution in [0.3, 0.4) is 0 Å². The maximum absolute atomic E-state index is 12.8. The van der Waals surface area contributed by atoms with Gasteiger partial charge in [-0.15, -0.1) is 0 Å². The fourth-order valence-electron chi connectivity index (χ4n) is 6.02. The molecule has 5 rings (SSSR count). The molecule has 4 aliphatic carbocycles. The summed E-state index contributed by atoms with van der Waals surface area (Å²) in [5.74, 6) is 2.76. The summed E-state index contributed by atoms with van der Waals surface area (Å²) in [6, 6.07) is 5.32. The van der Waals surface area contributed by atoms with Gasteiger partial charge in [-0.05, 0) is 87.5 Å². The van der Waals surface area contributed by atoms with Crippen LogP contribution < -0.4 is 14.8 Å². The van der Waals surface area contributed by atoms with Gasteiger partial charge in [0, 0.05) is 17.2 Å². The first-order valence-electron chi connectivity index (χ1n) is 10.8. The number of benzene rings is 1. The third-order valence-corrected chi connectivity index (χ3v) is 6.92. The highest BCUT2D eigenvalue weighted by molar-refractivity contribution is 5.91. The van der Waals surface area contributed by atoms with E-state index < -0.39 is 12.1 Å². The second kappa shape index (κ2) is 8.32. The Kier molecular flexibility index (Phi) is 5.76. The quantitative estimate of drug-likeness (QED) is 0.545. The Morgan fingerprint density at radius 1 is 1.07 bits per heavy atom. The summed E-state index contributed by atoms with van der Waals surface area (Å²) in [4.78, 5) is 25.1. The highest BCUT2D eigenvalue weighted by atomic mass is 16.5. The lowest BCUT2D eigenvalue weighted by molar-refractivity contribution is -0.152. The van der Waals surface area contributed by atoms with Crippen molar-refractivity contribution in [1.82, 2.24) is 5.32 Å². The molecule has 0 aliphatic heterocycles. The first kappa shape index (κ1) is 20.8. The van der Waals surface area contributed by atoms with Crippen molar-refractivity contribution in [3.05, 3.63) is 29.8 Å². The molecular weight excluding hydrogens is 382 g/mol. The van der Waals surface area contributed by atoms with Gasteiger partial charge in [0.2, 0.25) is 0 Å². The monoisotopic (exact) mass is 413 g/mol. The zero-order chi connectivity index (χ0) is 21.3. The Bertz CT molecular complexity index is 811. The van der Waals surface area contributed by atoms with Crippen molar-refractivity contribution in [3.63, 3.8) is 0 Å². The topological polar surface area (TPSA) is 73.9 Å². The van der Waals surface area contributed by atoms with Crippen LogP contribution in [0.2, 0.25) is 0 Å². The van der Waals surface area contributed by atoms with Crippen LogP contribution in [0, 0.1) is 17.8 Å². The molecule has 1 aromatic rings. The van der Waals surface area contributed by atoms with Gasteiger partial charge in [0.25, 0.3) is 5.91 Å². The number of nitrogens with one attached hydrogen (secondary N) is 1. The van der Waals surface area contributed by atoms with Gasteiger partial charge in [0.15, 0.2) is 6.10 Å².